The van der Waals surface area contributed by atoms with E-state index in [9.17, 15) is 9.90 Å². The van der Waals surface area contributed by atoms with Gasteiger partial charge in [0, 0.05) is 39.3 Å². The maximum atomic E-state index is 13.2. The minimum absolute atomic E-state index is 0.0521. The summed E-state index contributed by atoms with van der Waals surface area (Å²) < 4.78 is 6.12. The van der Waals surface area contributed by atoms with Crippen LogP contribution in [0.15, 0.2) is 48.5 Å². The third kappa shape index (κ3) is 4.99. The maximum Gasteiger partial charge on any atom is 0.225 e. The first kappa shape index (κ1) is 25.8. The van der Waals surface area contributed by atoms with Crippen LogP contribution in [0.1, 0.15) is 55.2 Å². The van der Waals surface area contributed by atoms with E-state index < -0.39 is 6.10 Å². The van der Waals surface area contributed by atoms with Gasteiger partial charge in [-0.1, -0.05) is 43.3 Å². The summed E-state index contributed by atoms with van der Waals surface area (Å²) in [6.07, 6.45) is 4.50. The molecule has 3 N–H and O–H groups in total. The topological polar surface area (TPSA) is 73.8 Å². The van der Waals surface area contributed by atoms with E-state index in [-0.39, 0.29) is 17.2 Å². The van der Waals surface area contributed by atoms with E-state index in [1.54, 1.807) is 0 Å². The van der Waals surface area contributed by atoms with Crippen LogP contribution in [0.2, 0.25) is 0 Å². The predicted octanol–water partition coefficient (Wildman–Crippen LogP) is 3.73. The molecule has 1 aliphatic heterocycles. The van der Waals surface area contributed by atoms with E-state index in [1.807, 2.05) is 18.2 Å². The SMILES string of the molecule is C[C@]12CCC3c4ccc(OCc5ccccc5)cc4CCC3C1CC(C(=O)NCCN1CCNCC1)[C@@H]2O. The number of ether oxygens (including phenoxy) is 1. The summed E-state index contributed by atoms with van der Waals surface area (Å²) in [5, 5.41) is 18.0. The summed E-state index contributed by atoms with van der Waals surface area (Å²) >= 11 is 0. The van der Waals surface area contributed by atoms with E-state index in [1.165, 1.54) is 16.7 Å². The molecule has 2 aromatic carbocycles. The number of benzene rings is 2. The van der Waals surface area contributed by atoms with Gasteiger partial charge in [0.2, 0.25) is 5.91 Å². The van der Waals surface area contributed by atoms with Gasteiger partial charge in [-0.2, -0.15) is 0 Å². The first-order valence-electron chi connectivity index (χ1n) is 14.7. The van der Waals surface area contributed by atoms with Gasteiger partial charge in [0.1, 0.15) is 12.4 Å². The normalized spacial score (nSPS) is 32.6. The van der Waals surface area contributed by atoms with Crippen molar-refractivity contribution in [1.82, 2.24) is 15.5 Å². The number of rotatable bonds is 7. The summed E-state index contributed by atoms with van der Waals surface area (Å²) in [7, 11) is 0. The predicted molar refractivity (Wildman–Crippen MR) is 149 cm³/mol. The van der Waals surface area contributed by atoms with Crippen LogP contribution in [-0.4, -0.2) is 61.3 Å². The second-order valence-corrected chi connectivity index (χ2v) is 12.3. The van der Waals surface area contributed by atoms with Crippen molar-refractivity contribution in [3.05, 3.63) is 65.2 Å². The summed E-state index contributed by atoms with van der Waals surface area (Å²) in [5.74, 6) is 2.15. The molecule has 6 atom stereocenters. The largest absolute Gasteiger partial charge is 0.489 e. The highest BCUT2D eigenvalue weighted by atomic mass is 16.5. The lowest BCUT2D eigenvalue weighted by Gasteiger charge is -2.50. The van der Waals surface area contributed by atoms with Crippen molar-refractivity contribution in [3.8, 4) is 5.75 Å². The zero-order chi connectivity index (χ0) is 26.1. The van der Waals surface area contributed by atoms with Gasteiger partial charge < -0.3 is 20.5 Å². The van der Waals surface area contributed by atoms with Gasteiger partial charge in [-0.15, -0.1) is 0 Å². The Bertz CT molecular complexity index is 1120. The number of nitrogens with one attached hydrogen (secondary N) is 2. The summed E-state index contributed by atoms with van der Waals surface area (Å²) in [6.45, 7) is 8.49. The number of carbonyl (C=O) groups is 1. The third-order valence-electron chi connectivity index (χ3n) is 10.2. The highest BCUT2D eigenvalue weighted by Crippen LogP contribution is 2.62. The molecule has 1 saturated heterocycles. The van der Waals surface area contributed by atoms with Crippen LogP contribution in [-0.2, 0) is 17.8 Å². The summed E-state index contributed by atoms with van der Waals surface area (Å²) in [6, 6.07) is 17.0. The summed E-state index contributed by atoms with van der Waals surface area (Å²) in [5.41, 5.74) is 3.90. The third-order valence-corrected chi connectivity index (χ3v) is 10.2. The molecule has 1 heterocycles. The van der Waals surface area contributed by atoms with Gasteiger partial charge in [0.15, 0.2) is 0 Å². The fourth-order valence-corrected chi connectivity index (χ4v) is 8.06. The second-order valence-electron chi connectivity index (χ2n) is 12.3. The molecule has 4 unspecified atom stereocenters. The second kappa shape index (κ2) is 11.0. The number of hydrogen-bond donors (Lipinski definition) is 3. The zero-order valence-electron chi connectivity index (χ0n) is 22.7. The van der Waals surface area contributed by atoms with Crippen molar-refractivity contribution in [1.29, 1.82) is 0 Å². The molecule has 0 spiro atoms. The van der Waals surface area contributed by atoms with E-state index in [0.717, 1.165) is 70.6 Å². The molecule has 1 amide bonds. The molecule has 0 radical (unpaired) electrons. The first-order chi connectivity index (χ1) is 18.5. The Morgan fingerprint density at radius 1 is 1.16 bits per heavy atom. The van der Waals surface area contributed by atoms with Crippen molar-refractivity contribution in [2.45, 2.75) is 57.7 Å². The quantitative estimate of drug-likeness (QED) is 0.522. The number of aliphatic hydroxyl groups is 1. The molecule has 0 bridgehead atoms. The van der Waals surface area contributed by atoms with Crippen LogP contribution in [0.3, 0.4) is 0 Å². The lowest BCUT2D eigenvalue weighted by molar-refractivity contribution is -0.129. The molecule has 6 nitrogen and oxygen atoms in total. The monoisotopic (exact) mass is 517 g/mol. The maximum absolute atomic E-state index is 13.2. The molecule has 204 valence electrons. The Morgan fingerprint density at radius 2 is 1.97 bits per heavy atom. The lowest BCUT2D eigenvalue weighted by atomic mass is 9.55. The van der Waals surface area contributed by atoms with E-state index in [4.69, 9.17) is 4.74 Å². The molecule has 6 rings (SSSR count). The number of aliphatic hydroxyl groups excluding tert-OH is 1. The van der Waals surface area contributed by atoms with Crippen LogP contribution < -0.4 is 15.4 Å². The number of fused-ring (bicyclic) bond motifs is 5. The number of aryl methyl sites for hydroxylation is 1. The zero-order valence-corrected chi connectivity index (χ0v) is 22.7. The minimum Gasteiger partial charge on any atom is -0.489 e. The minimum atomic E-state index is -0.553. The standard InChI is InChI=1S/C32H43N3O3/c1-32-12-11-26-25-10-8-24(38-21-22-5-3-2-4-6-22)19-23(25)7-9-27(26)29(32)20-28(30(32)36)31(37)34-15-18-35-16-13-33-14-17-35/h2-6,8,10,19,26-30,33,36H,7,9,11-18,20-21H2,1H3,(H,34,37)/t26?,27?,28?,29?,30-,32-/m0/s1. The molecular weight excluding hydrogens is 474 g/mol. The average Bonchev–Trinajstić information content (AvgIpc) is 3.23. The smallest absolute Gasteiger partial charge is 0.225 e. The molecule has 38 heavy (non-hydrogen) atoms. The number of piperazine rings is 1. The van der Waals surface area contributed by atoms with Gasteiger partial charge in [-0.05, 0) is 84.1 Å². The van der Waals surface area contributed by atoms with Crippen LogP contribution in [0.5, 0.6) is 5.75 Å². The van der Waals surface area contributed by atoms with Crippen molar-refractivity contribution in [2.24, 2.45) is 23.2 Å². The number of carbonyl (C=O) groups excluding carboxylic acids is 1. The first-order valence-corrected chi connectivity index (χ1v) is 14.7. The van der Waals surface area contributed by atoms with Crippen molar-refractivity contribution in [3.63, 3.8) is 0 Å². The molecule has 0 aromatic heterocycles. The summed E-state index contributed by atoms with van der Waals surface area (Å²) in [4.78, 5) is 15.6. The number of hydrogen-bond acceptors (Lipinski definition) is 5. The molecule has 4 aliphatic rings. The highest BCUT2D eigenvalue weighted by molar-refractivity contribution is 5.80. The van der Waals surface area contributed by atoms with E-state index in [2.05, 4.69) is 52.8 Å². The van der Waals surface area contributed by atoms with Gasteiger partial charge in [-0.3, -0.25) is 9.69 Å². The number of nitrogens with zero attached hydrogens (tertiary/aromatic N) is 1. The van der Waals surface area contributed by atoms with Crippen LogP contribution in [0.25, 0.3) is 0 Å². The van der Waals surface area contributed by atoms with Gasteiger partial charge in [-0.25, -0.2) is 0 Å². The highest BCUT2D eigenvalue weighted by Gasteiger charge is 2.59. The fraction of sp³-hybridized carbons (Fsp3) is 0.594. The number of amides is 1. The Kier molecular flexibility index (Phi) is 7.48. The van der Waals surface area contributed by atoms with Crippen LogP contribution in [0.4, 0.5) is 0 Å². The van der Waals surface area contributed by atoms with E-state index in [0.29, 0.717) is 30.9 Å². The van der Waals surface area contributed by atoms with Crippen LogP contribution in [0, 0.1) is 23.2 Å². The molecule has 2 saturated carbocycles. The van der Waals surface area contributed by atoms with Crippen LogP contribution >= 0.6 is 0 Å². The Labute approximate surface area is 227 Å². The van der Waals surface area contributed by atoms with Gasteiger partial charge in [0.25, 0.3) is 0 Å². The Morgan fingerprint density at radius 3 is 2.79 bits per heavy atom. The average molecular weight is 518 g/mol. The fourth-order valence-electron chi connectivity index (χ4n) is 8.06. The van der Waals surface area contributed by atoms with Gasteiger partial charge in [0.05, 0.1) is 12.0 Å². The molecule has 2 aromatic rings. The molecular formula is C32H43N3O3. The van der Waals surface area contributed by atoms with Crippen molar-refractivity contribution < 1.29 is 14.6 Å². The van der Waals surface area contributed by atoms with E-state index >= 15 is 0 Å². The lowest BCUT2D eigenvalue weighted by Crippen LogP contribution is -2.48. The van der Waals surface area contributed by atoms with Crippen molar-refractivity contribution in [2.75, 3.05) is 39.3 Å². The molecule has 3 aliphatic carbocycles. The van der Waals surface area contributed by atoms with Crippen molar-refractivity contribution >= 4 is 5.91 Å². The molecule has 3 fully saturated rings. The Balaban J connectivity index is 1.10. The molecule has 6 heteroatoms. The van der Waals surface area contributed by atoms with Gasteiger partial charge >= 0.3 is 0 Å². The Hall–Kier alpha value is -2.41.